The van der Waals surface area contributed by atoms with Gasteiger partial charge in [-0.3, -0.25) is 4.99 Å². The van der Waals surface area contributed by atoms with Gasteiger partial charge in [-0.15, -0.1) is 11.3 Å². The van der Waals surface area contributed by atoms with Crippen LogP contribution in [0.1, 0.15) is 22.9 Å². The summed E-state index contributed by atoms with van der Waals surface area (Å²) in [6, 6.07) is 10.4. The van der Waals surface area contributed by atoms with Crippen LogP contribution in [0.25, 0.3) is 0 Å². The molecule has 1 heterocycles. The maximum absolute atomic E-state index is 5.18. The first-order valence-electron chi connectivity index (χ1n) is 8.11. The molecule has 2 rings (SSSR count). The van der Waals surface area contributed by atoms with Gasteiger partial charge in [-0.05, 0) is 60.6 Å². The minimum atomic E-state index is -0.858. The van der Waals surface area contributed by atoms with Crippen LogP contribution >= 0.6 is 21.4 Å². The lowest BCUT2D eigenvalue weighted by Gasteiger charge is -2.16. The maximum atomic E-state index is 5.18. The average Bonchev–Trinajstić information content (AvgIpc) is 3.10. The zero-order chi connectivity index (χ0) is 18.3. The number of aliphatic imine (C=N–C) groups is 1. The summed E-state index contributed by atoms with van der Waals surface area (Å²) in [5, 5.41) is 8.79. The van der Waals surface area contributed by atoms with Gasteiger partial charge in [0.1, 0.15) is 6.73 Å². The van der Waals surface area contributed by atoms with Crippen LogP contribution in [0.4, 0.5) is 5.69 Å². The van der Waals surface area contributed by atoms with Gasteiger partial charge >= 0.3 is 0 Å². The highest BCUT2D eigenvalue weighted by Gasteiger charge is 2.13. The van der Waals surface area contributed by atoms with Gasteiger partial charge in [-0.2, -0.15) is 10.0 Å². The molecule has 2 aromatic rings. The summed E-state index contributed by atoms with van der Waals surface area (Å²) in [6.45, 7) is 3.25. The van der Waals surface area contributed by atoms with Crippen molar-refractivity contribution in [1.82, 2.24) is 0 Å². The molecule has 5 heteroatoms. The fraction of sp³-hybridized carbons (Fsp3) is 0.350. The predicted octanol–water partition coefficient (Wildman–Crippen LogP) is 4.62. The van der Waals surface area contributed by atoms with E-state index in [1.807, 2.05) is 0 Å². The van der Waals surface area contributed by atoms with Gasteiger partial charge in [-0.25, -0.2) is 0 Å². The van der Waals surface area contributed by atoms with Gasteiger partial charge in [0.2, 0.25) is 0 Å². The first-order valence-corrected chi connectivity index (χ1v) is 11.8. The Morgan fingerprint density at radius 2 is 2.08 bits per heavy atom. The van der Waals surface area contributed by atoms with Crippen molar-refractivity contribution in [3.63, 3.8) is 0 Å². The Labute approximate surface area is 156 Å². The van der Waals surface area contributed by atoms with Crippen LogP contribution in [0.3, 0.4) is 0 Å². The van der Waals surface area contributed by atoms with E-state index < -0.39 is 10.0 Å². The van der Waals surface area contributed by atoms with E-state index >= 15 is 0 Å². The fourth-order valence-electron chi connectivity index (χ4n) is 2.20. The molecule has 0 atom stereocenters. The number of methoxy groups -OCH3 is 1. The predicted molar refractivity (Wildman–Crippen MR) is 115 cm³/mol. The second kappa shape index (κ2) is 9.10. The quantitative estimate of drug-likeness (QED) is 0.454. The Kier molecular flexibility index (Phi) is 7.12. The topological polar surface area (TPSA) is 33.6 Å². The third kappa shape index (κ3) is 5.93. The van der Waals surface area contributed by atoms with E-state index in [4.69, 9.17) is 9.73 Å². The lowest BCUT2D eigenvalue weighted by molar-refractivity contribution is 0.221. The minimum Gasteiger partial charge on any atom is -0.365 e. The minimum absolute atomic E-state index is 0.452. The van der Waals surface area contributed by atoms with Crippen molar-refractivity contribution in [3.8, 4) is 11.2 Å². The number of hydrogen-bond donors (Lipinski definition) is 1. The molecule has 0 saturated carbocycles. The van der Waals surface area contributed by atoms with Gasteiger partial charge in [0.05, 0.1) is 10.6 Å². The summed E-state index contributed by atoms with van der Waals surface area (Å²) in [6.07, 6.45) is 6.60. The van der Waals surface area contributed by atoms with Gasteiger partial charge in [0.25, 0.3) is 0 Å². The van der Waals surface area contributed by atoms with Crippen molar-refractivity contribution < 1.29 is 4.74 Å². The molecule has 3 nitrogen and oxygen atoms in total. The molecule has 0 aliphatic rings. The summed E-state index contributed by atoms with van der Waals surface area (Å²) >= 11 is 1.70. The van der Waals surface area contributed by atoms with E-state index in [-0.39, 0.29) is 0 Å². The molecule has 0 aliphatic heterocycles. The molecule has 0 unspecified atom stereocenters. The third-order valence-corrected chi connectivity index (χ3v) is 4.85. The Hall–Kier alpha value is -1.74. The number of ether oxygens (including phenoxy) is 1. The Balaban J connectivity index is 2.53. The number of benzene rings is 1. The molecule has 0 fully saturated rings. The fourth-order valence-corrected chi connectivity index (χ4v) is 3.37. The molecule has 0 radical (unpaired) electrons. The Bertz CT molecular complexity index is 778. The number of thiophene rings is 1. The highest BCUT2D eigenvalue weighted by atomic mass is 32.3. The van der Waals surface area contributed by atoms with Crippen LogP contribution in [0.2, 0.25) is 0 Å². The third-order valence-electron chi connectivity index (χ3n) is 3.25. The lowest BCUT2D eigenvalue weighted by atomic mass is 10.0. The van der Waals surface area contributed by atoms with Crippen molar-refractivity contribution in [3.05, 3.63) is 51.7 Å². The van der Waals surface area contributed by atoms with E-state index in [1.165, 1.54) is 0 Å². The van der Waals surface area contributed by atoms with Crippen molar-refractivity contribution in [2.24, 2.45) is 4.99 Å². The molecule has 0 amide bonds. The van der Waals surface area contributed by atoms with E-state index in [2.05, 4.69) is 77.9 Å². The van der Waals surface area contributed by atoms with E-state index in [0.29, 0.717) is 6.73 Å². The zero-order valence-electron chi connectivity index (χ0n) is 15.6. The lowest BCUT2D eigenvalue weighted by Crippen LogP contribution is -2.11. The molecule has 0 spiro atoms. The van der Waals surface area contributed by atoms with Crippen molar-refractivity contribution in [1.29, 1.82) is 0 Å². The summed E-state index contributed by atoms with van der Waals surface area (Å²) in [5.41, 5.74) is 4.09. The summed E-state index contributed by atoms with van der Waals surface area (Å²) in [7, 11) is 0.821. The molecule has 134 valence electrons. The number of rotatable bonds is 6. The number of anilines is 1. The van der Waals surface area contributed by atoms with Crippen LogP contribution in [-0.4, -0.2) is 44.9 Å². The molecule has 0 aliphatic carbocycles. The van der Waals surface area contributed by atoms with Crippen molar-refractivity contribution >= 4 is 32.8 Å². The average molecular weight is 375 g/mol. The smallest absolute Gasteiger partial charge is 0.116 e. The molecule has 0 saturated heterocycles. The molecule has 25 heavy (non-hydrogen) atoms. The maximum Gasteiger partial charge on any atom is 0.116 e. The van der Waals surface area contributed by atoms with Crippen molar-refractivity contribution in [2.75, 3.05) is 44.5 Å². The SMILES string of the molecule is CCN=C(c1cccs1)c1cc(C#CS(C)(C)C)ccc1NCOC. The first-order chi connectivity index (χ1) is 11.9. The van der Waals surface area contributed by atoms with Crippen LogP contribution in [-0.2, 0) is 4.74 Å². The zero-order valence-corrected chi connectivity index (χ0v) is 17.2. The monoisotopic (exact) mass is 374 g/mol. The number of nitrogens with one attached hydrogen (secondary N) is 1. The van der Waals surface area contributed by atoms with Crippen LogP contribution < -0.4 is 5.32 Å². The molecular weight excluding hydrogens is 348 g/mol. The van der Waals surface area contributed by atoms with Gasteiger partial charge in [0.15, 0.2) is 0 Å². The second-order valence-electron chi connectivity index (χ2n) is 6.23. The highest BCUT2D eigenvalue weighted by molar-refractivity contribution is 8.35. The van der Waals surface area contributed by atoms with Gasteiger partial charge < -0.3 is 10.1 Å². The number of hydrogen-bond acceptors (Lipinski definition) is 4. The van der Waals surface area contributed by atoms with Crippen LogP contribution in [0, 0.1) is 11.2 Å². The summed E-state index contributed by atoms with van der Waals surface area (Å²) in [4.78, 5) is 5.92. The molecule has 1 aromatic heterocycles. The van der Waals surface area contributed by atoms with E-state index in [0.717, 1.165) is 33.9 Å². The largest absolute Gasteiger partial charge is 0.365 e. The summed E-state index contributed by atoms with van der Waals surface area (Å²) < 4.78 is 5.18. The second-order valence-corrected chi connectivity index (χ2v) is 11.1. The molecule has 1 N–H and O–H groups in total. The first kappa shape index (κ1) is 19.6. The molecular formula is C20H26N2OS2. The van der Waals surface area contributed by atoms with Gasteiger partial charge in [-0.1, -0.05) is 12.0 Å². The summed E-state index contributed by atoms with van der Waals surface area (Å²) in [5.74, 6) is 3.33. The Morgan fingerprint density at radius 3 is 2.68 bits per heavy atom. The van der Waals surface area contributed by atoms with Crippen molar-refractivity contribution in [2.45, 2.75) is 6.92 Å². The standard InChI is InChI=1S/C20H26N2OS2/c1-6-21-20(19-8-7-12-24-19)17-14-16(11-13-25(3,4)5)9-10-18(17)22-15-23-2/h7-10,12,14,22H,6,15H2,1-5H3. The Morgan fingerprint density at radius 1 is 1.28 bits per heavy atom. The normalized spacial score (nSPS) is 12.4. The molecule has 1 aromatic carbocycles. The molecule has 0 bridgehead atoms. The van der Waals surface area contributed by atoms with Crippen LogP contribution in [0.5, 0.6) is 0 Å². The van der Waals surface area contributed by atoms with Gasteiger partial charge in [0, 0.05) is 30.5 Å². The van der Waals surface area contributed by atoms with E-state index in [9.17, 15) is 0 Å². The highest BCUT2D eigenvalue weighted by Crippen LogP contribution is 2.32. The number of nitrogens with zero attached hydrogens (tertiary/aromatic N) is 1. The van der Waals surface area contributed by atoms with Crippen LogP contribution in [0.15, 0.2) is 40.7 Å². The van der Waals surface area contributed by atoms with E-state index in [1.54, 1.807) is 18.4 Å².